The maximum Gasteiger partial charge on any atom is 0.407 e. The van der Waals surface area contributed by atoms with Crippen LogP contribution in [0, 0.1) is 5.41 Å². The lowest BCUT2D eigenvalue weighted by Crippen LogP contribution is -2.45. The Labute approximate surface area is 157 Å². The lowest BCUT2D eigenvalue weighted by molar-refractivity contribution is 0.0746. The van der Waals surface area contributed by atoms with Gasteiger partial charge in [0.05, 0.1) is 12.1 Å². The molecule has 9 heteroatoms. The first-order valence-corrected chi connectivity index (χ1v) is 11.2. The van der Waals surface area contributed by atoms with Gasteiger partial charge in [-0.1, -0.05) is 20.8 Å². The molecule has 25 heavy (non-hydrogen) atoms. The highest BCUT2D eigenvalue weighted by molar-refractivity contribution is 9.10. The van der Waals surface area contributed by atoms with Crippen molar-refractivity contribution in [2.24, 2.45) is 5.41 Å². The zero-order chi connectivity index (χ0) is 18.6. The van der Waals surface area contributed by atoms with E-state index in [1.54, 1.807) is 0 Å². The molecule has 0 aliphatic carbocycles. The maximum atomic E-state index is 11.7. The third-order valence-corrected chi connectivity index (χ3v) is 7.51. The normalized spacial score (nSPS) is 25.5. The third-order valence-electron chi connectivity index (χ3n) is 5.15. The second kappa shape index (κ2) is 6.44. The topological polar surface area (TPSA) is 98.8 Å². The largest absolute Gasteiger partial charge is 0.465 e. The molecular weight excluding hydrogens is 410 g/mol. The molecule has 142 valence electrons. The second-order valence-electron chi connectivity index (χ2n) is 8.03. The van der Waals surface area contributed by atoms with E-state index in [1.165, 1.54) is 4.90 Å². The van der Waals surface area contributed by atoms with Gasteiger partial charge in [-0.3, -0.25) is 13.8 Å². The van der Waals surface area contributed by atoms with Gasteiger partial charge in [-0.25, -0.2) is 4.79 Å². The molecule has 0 bridgehead atoms. The van der Waals surface area contributed by atoms with E-state index in [2.05, 4.69) is 21.0 Å². The van der Waals surface area contributed by atoms with Gasteiger partial charge in [0.25, 0.3) is 0 Å². The highest BCUT2D eigenvalue weighted by Crippen LogP contribution is 2.49. The molecule has 3 heterocycles. The van der Waals surface area contributed by atoms with E-state index in [1.807, 2.05) is 25.5 Å². The fourth-order valence-electron chi connectivity index (χ4n) is 4.03. The number of carbonyl (C=O) groups is 1. The minimum absolute atomic E-state index is 0.136. The summed E-state index contributed by atoms with van der Waals surface area (Å²) < 4.78 is 22.4. The summed E-state index contributed by atoms with van der Waals surface area (Å²) in [5.41, 5.74) is 1.78. The molecule has 2 aliphatic heterocycles. The molecule has 1 fully saturated rings. The van der Waals surface area contributed by atoms with Crippen molar-refractivity contribution in [1.82, 2.24) is 14.7 Å². The molecule has 1 amide bonds. The number of amides is 1. The molecule has 3 rings (SSSR count). The molecular formula is C16H26BrN3O4S. The molecule has 0 saturated carbocycles. The van der Waals surface area contributed by atoms with Crippen LogP contribution in [0.2, 0.25) is 0 Å². The standard InChI is InChI=1S/C16H26BrN3O4S/c1-16(2,3)13-12-11(4-7-19(13)15(21)22)20(18-14(12)17)10-5-8-25(23,24)9-6-10/h10,13,23-24H,4-9H2,1-3H3,(H,21,22). The molecule has 1 atom stereocenters. The highest BCUT2D eigenvalue weighted by Gasteiger charge is 2.43. The van der Waals surface area contributed by atoms with Crippen LogP contribution in [0.1, 0.15) is 57.0 Å². The average Bonchev–Trinajstić information content (AvgIpc) is 2.82. The Morgan fingerprint density at radius 3 is 2.40 bits per heavy atom. The second-order valence-corrected chi connectivity index (χ2v) is 11.2. The molecule has 0 radical (unpaired) electrons. The number of nitrogens with zero attached hydrogens (tertiary/aromatic N) is 3. The Morgan fingerprint density at radius 1 is 1.28 bits per heavy atom. The fourth-order valence-corrected chi connectivity index (χ4v) is 6.15. The van der Waals surface area contributed by atoms with Crippen molar-refractivity contribution < 1.29 is 19.0 Å². The first kappa shape index (κ1) is 19.0. The molecule has 2 aliphatic rings. The van der Waals surface area contributed by atoms with Crippen LogP contribution in [0.5, 0.6) is 0 Å². The summed E-state index contributed by atoms with van der Waals surface area (Å²) in [6.07, 6.45) is 1.09. The van der Waals surface area contributed by atoms with Gasteiger partial charge >= 0.3 is 6.09 Å². The van der Waals surface area contributed by atoms with Crippen molar-refractivity contribution >= 4 is 32.6 Å². The van der Waals surface area contributed by atoms with Gasteiger partial charge in [0.2, 0.25) is 0 Å². The van der Waals surface area contributed by atoms with Crippen molar-refractivity contribution in [3.8, 4) is 0 Å². The van der Waals surface area contributed by atoms with Crippen LogP contribution in [-0.4, -0.2) is 53.0 Å². The van der Waals surface area contributed by atoms with E-state index < -0.39 is 16.7 Å². The van der Waals surface area contributed by atoms with Crippen molar-refractivity contribution in [3.05, 3.63) is 15.9 Å². The van der Waals surface area contributed by atoms with E-state index in [4.69, 9.17) is 0 Å². The van der Waals surface area contributed by atoms with Crippen LogP contribution in [-0.2, 0) is 6.42 Å². The van der Waals surface area contributed by atoms with Crippen LogP contribution in [0.25, 0.3) is 0 Å². The van der Waals surface area contributed by atoms with Crippen molar-refractivity contribution in [2.45, 2.75) is 52.1 Å². The molecule has 1 saturated heterocycles. The number of aromatic nitrogens is 2. The Kier molecular flexibility index (Phi) is 4.89. The van der Waals surface area contributed by atoms with E-state index in [0.717, 1.165) is 11.3 Å². The highest BCUT2D eigenvalue weighted by atomic mass is 79.9. The lowest BCUT2D eigenvalue weighted by atomic mass is 9.79. The van der Waals surface area contributed by atoms with E-state index >= 15 is 0 Å². The molecule has 1 aromatic heterocycles. The first-order chi connectivity index (χ1) is 11.5. The summed E-state index contributed by atoms with van der Waals surface area (Å²) in [6, 6.07) is -0.127. The molecule has 1 aromatic rings. The summed E-state index contributed by atoms with van der Waals surface area (Å²) in [7, 11) is -2.43. The molecule has 3 N–H and O–H groups in total. The van der Waals surface area contributed by atoms with Crippen LogP contribution in [0.3, 0.4) is 0 Å². The number of fused-ring (bicyclic) bond motifs is 1. The number of hydrogen-bond donors (Lipinski definition) is 3. The number of rotatable bonds is 1. The maximum absolute atomic E-state index is 11.7. The Hall–Kier alpha value is -0.770. The van der Waals surface area contributed by atoms with Gasteiger partial charge in [0, 0.05) is 35.7 Å². The number of halogens is 1. The average molecular weight is 436 g/mol. The summed E-state index contributed by atoms with van der Waals surface area (Å²) in [5, 5.41) is 14.3. The van der Waals surface area contributed by atoms with E-state index in [9.17, 15) is 19.0 Å². The zero-order valence-electron chi connectivity index (χ0n) is 14.8. The number of carboxylic acid groups (broad SMARTS) is 1. The Balaban J connectivity index is 2.00. The first-order valence-electron chi connectivity index (χ1n) is 8.51. The Morgan fingerprint density at radius 2 is 1.88 bits per heavy atom. The van der Waals surface area contributed by atoms with Crippen molar-refractivity contribution in [3.63, 3.8) is 0 Å². The van der Waals surface area contributed by atoms with Crippen molar-refractivity contribution in [1.29, 1.82) is 0 Å². The molecule has 7 nitrogen and oxygen atoms in total. The van der Waals surface area contributed by atoms with E-state index in [0.29, 0.717) is 41.9 Å². The Bertz CT molecular complexity index is 676. The van der Waals surface area contributed by atoms with Crippen LogP contribution in [0.15, 0.2) is 4.60 Å². The minimum atomic E-state index is -2.43. The fraction of sp³-hybridized carbons (Fsp3) is 0.750. The van der Waals surface area contributed by atoms with E-state index in [-0.39, 0.29) is 17.5 Å². The third kappa shape index (κ3) is 3.56. The molecule has 0 spiro atoms. The van der Waals surface area contributed by atoms with Gasteiger partial charge in [0.15, 0.2) is 0 Å². The minimum Gasteiger partial charge on any atom is -0.465 e. The predicted octanol–water partition coefficient (Wildman–Crippen LogP) is 4.35. The predicted molar refractivity (Wildman–Crippen MR) is 101 cm³/mol. The van der Waals surface area contributed by atoms with Crippen LogP contribution < -0.4 is 0 Å². The van der Waals surface area contributed by atoms with Gasteiger partial charge in [-0.05, 0) is 34.2 Å². The zero-order valence-corrected chi connectivity index (χ0v) is 17.2. The SMILES string of the molecule is CC(C)(C)C1c2c(Br)nn(C3CCS(O)(O)CC3)c2CCN1C(=O)O. The number of hydrogen-bond acceptors (Lipinski definition) is 4. The van der Waals surface area contributed by atoms with Gasteiger partial charge in [-0.15, -0.1) is 0 Å². The molecule has 0 aromatic carbocycles. The lowest BCUT2D eigenvalue weighted by Gasteiger charge is -2.43. The van der Waals surface area contributed by atoms with Crippen LogP contribution >= 0.6 is 26.5 Å². The van der Waals surface area contributed by atoms with Gasteiger partial charge in [-0.2, -0.15) is 15.7 Å². The van der Waals surface area contributed by atoms with Crippen LogP contribution in [0.4, 0.5) is 4.79 Å². The summed E-state index contributed by atoms with van der Waals surface area (Å²) in [5.74, 6) is 0.821. The summed E-state index contributed by atoms with van der Waals surface area (Å²) in [4.78, 5) is 13.3. The van der Waals surface area contributed by atoms with Gasteiger partial charge < -0.3 is 10.0 Å². The monoisotopic (exact) mass is 435 g/mol. The summed E-state index contributed by atoms with van der Waals surface area (Å²) >= 11 is 3.56. The quantitative estimate of drug-likeness (QED) is 0.608. The molecule has 1 unspecified atom stereocenters. The van der Waals surface area contributed by atoms with Crippen molar-refractivity contribution in [2.75, 3.05) is 18.1 Å². The van der Waals surface area contributed by atoms with Gasteiger partial charge in [0.1, 0.15) is 4.60 Å². The summed E-state index contributed by atoms with van der Waals surface area (Å²) in [6.45, 7) is 6.58. The smallest absolute Gasteiger partial charge is 0.407 e.